The van der Waals surface area contributed by atoms with E-state index in [1.165, 1.54) is 16.9 Å². The molecule has 0 amide bonds. The van der Waals surface area contributed by atoms with Crippen LogP contribution in [0.2, 0.25) is 0 Å². The number of rotatable bonds is 6. The molecule has 2 aromatic carbocycles. The number of nitrogens with zero attached hydrogens (tertiary/aromatic N) is 4. The number of fused-ring (bicyclic) bond motifs is 3. The van der Waals surface area contributed by atoms with Gasteiger partial charge in [0.05, 0.1) is 11.9 Å². The van der Waals surface area contributed by atoms with Crippen LogP contribution in [0.4, 0.5) is 0 Å². The molecule has 0 radical (unpaired) electrons. The zero-order valence-corrected chi connectivity index (χ0v) is 17.2. The fourth-order valence-corrected chi connectivity index (χ4v) is 4.52. The second kappa shape index (κ2) is 7.18. The van der Waals surface area contributed by atoms with Gasteiger partial charge < -0.3 is 9.52 Å². The Bertz CT molecular complexity index is 1370. The molecule has 1 atom stereocenters. The van der Waals surface area contributed by atoms with Crippen LogP contribution in [0.15, 0.2) is 45.7 Å². The standard InChI is InChI=1S/C19H19N5O5S/c1-10(2)17(19(25)26)22-30(27,28)12-5-6-13-14-8-11(18-20-23-24(3)21-18)4-7-15(14)29-16(13)9-12/h4-10,17,22H,1-3H3,(H,25,26)/t17-/m0/s1. The second-order valence-corrected chi connectivity index (χ2v) is 8.97. The number of nitrogens with one attached hydrogen (secondary N) is 1. The lowest BCUT2D eigenvalue weighted by Crippen LogP contribution is -2.44. The van der Waals surface area contributed by atoms with Gasteiger partial charge in [0.2, 0.25) is 15.8 Å². The highest BCUT2D eigenvalue weighted by Gasteiger charge is 2.28. The SMILES string of the molecule is CC(C)[C@H](NS(=O)(=O)c1ccc2c(c1)oc1ccc(-c3nnn(C)n3)cc12)C(=O)O. The predicted molar refractivity (Wildman–Crippen MR) is 108 cm³/mol. The van der Waals surface area contributed by atoms with Gasteiger partial charge in [-0.25, -0.2) is 8.42 Å². The lowest BCUT2D eigenvalue weighted by Gasteiger charge is -2.17. The molecule has 0 aliphatic rings. The molecule has 2 heterocycles. The molecule has 11 heteroatoms. The molecule has 0 unspecified atom stereocenters. The summed E-state index contributed by atoms with van der Waals surface area (Å²) in [5, 5.41) is 22.8. The monoisotopic (exact) mass is 429 g/mol. The Morgan fingerprint density at radius 2 is 1.90 bits per heavy atom. The first-order valence-electron chi connectivity index (χ1n) is 9.11. The van der Waals surface area contributed by atoms with Crippen molar-refractivity contribution >= 4 is 37.9 Å². The first-order valence-corrected chi connectivity index (χ1v) is 10.6. The highest BCUT2D eigenvalue weighted by molar-refractivity contribution is 7.89. The molecular formula is C19H19N5O5S. The first kappa shape index (κ1) is 20.0. The predicted octanol–water partition coefficient (Wildman–Crippen LogP) is 2.16. The van der Waals surface area contributed by atoms with Gasteiger partial charge in [-0.05, 0) is 41.5 Å². The van der Waals surface area contributed by atoms with Crippen molar-refractivity contribution < 1.29 is 22.7 Å². The number of carboxylic acids is 1. The van der Waals surface area contributed by atoms with Crippen LogP contribution in [0.3, 0.4) is 0 Å². The second-order valence-electron chi connectivity index (χ2n) is 7.25. The highest BCUT2D eigenvalue weighted by Crippen LogP contribution is 2.32. The van der Waals surface area contributed by atoms with E-state index in [9.17, 15) is 18.3 Å². The summed E-state index contributed by atoms with van der Waals surface area (Å²) < 4.78 is 33.5. The fraction of sp³-hybridized carbons (Fsp3) is 0.263. The Balaban J connectivity index is 1.76. The van der Waals surface area contributed by atoms with Crippen LogP contribution in [0.1, 0.15) is 13.8 Å². The lowest BCUT2D eigenvalue weighted by atomic mass is 10.1. The van der Waals surface area contributed by atoms with Gasteiger partial charge in [0.1, 0.15) is 17.2 Å². The molecule has 156 valence electrons. The number of hydrogen-bond donors (Lipinski definition) is 2. The zero-order chi connectivity index (χ0) is 21.6. The maximum absolute atomic E-state index is 12.7. The van der Waals surface area contributed by atoms with Crippen LogP contribution in [0, 0.1) is 5.92 Å². The Hall–Kier alpha value is -3.31. The van der Waals surface area contributed by atoms with E-state index in [0.717, 1.165) is 10.9 Å². The van der Waals surface area contributed by atoms with Gasteiger partial charge in [0.15, 0.2) is 0 Å². The van der Waals surface area contributed by atoms with Crippen molar-refractivity contribution in [3.05, 3.63) is 36.4 Å². The number of carbonyl (C=O) groups is 1. The van der Waals surface area contributed by atoms with Crippen LogP contribution < -0.4 is 4.72 Å². The van der Waals surface area contributed by atoms with Crippen molar-refractivity contribution in [2.75, 3.05) is 0 Å². The van der Waals surface area contributed by atoms with E-state index in [1.54, 1.807) is 39.1 Å². The molecule has 0 saturated carbocycles. The van der Waals surface area contributed by atoms with Crippen molar-refractivity contribution in [2.45, 2.75) is 24.8 Å². The van der Waals surface area contributed by atoms with Crippen molar-refractivity contribution in [3.63, 3.8) is 0 Å². The largest absolute Gasteiger partial charge is 0.480 e. The maximum Gasteiger partial charge on any atom is 0.322 e. The Morgan fingerprint density at radius 3 is 2.53 bits per heavy atom. The van der Waals surface area contributed by atoms with Gasteiger partial charge in [0.25, 0.3) is 0 Å². The molecule has 0 saturated heterocycles. The molecule has 0 aliphatic heterocycles. The first-order chi connectivity index (χ1) is 14.2. The maximum atomic E-state index is 12.7. The van der Waals surface area contributed by atoms with E-state index in [2.05, 4.69) is 20.1 Å². The summed E-state index contributed by atoms with van der Waals surface area (Å²) in [4.78, 5) is 12.7. The van der Waals surface area contributed by atoms with Crippen LogP contribution in [-0.2, 0) is 21.9 Å². The minimum Gasteiger partial charge on any atom is -0.480 e. The number of tetrazole rings is 1. The van der Waals surface area contributed by atoms with E-state index in [0.29, 0.717) is 22.4 Å². The summed E-state index contributed by atoms with van der Waals surface area (Å²) in [7, 11) is -2.38. The van der Waals surface area contributed by atoms with Crippen LogP contribution in [0.25, 0.3) is 33.3 Å². The van der Waals surface area contributed by atoms with Gasteiger partial charge in [-0.15, -0.1) is 10.2 Å². The molecule has 4 aromatic rings. The molecule has 30 heavy (non-hydrogen) atoms. The van der Waals surface area contributed by atoms with Crippen LogP contribution in [0.5, 0.6) is 0 Å². The molecule has 0 spiro atoms. The van der Waals surface area contributed by atoms with Gasteiger partial charge in [-0.3, -0.25) is 4.79 Å². The summed E-state index contributed by atoms with van der Waals surface area (Å²) in [5.74, 6) is -1.19. The summed E-state index contributed by atoms with van der Waals surface area (Å²) in [6.45, 7) is 3.26. The number of sulfonamides is 1. The number of aliphatic carboxylic acids is 1. The van der Waals surface area contributed by atoms with Gasteiger partial charge in [0, 0.05) is 22.4 Å². The van der Waals surface area contributed by atoms with Crippen LogP contribution in [-0.4, -0.2) is 45.7 Å². The topological polar surface area (TPSA) is 140 Å². The third-order valence-electron chi connectivity index (χ3n) is 4.73. The molecule has 0 fully saturated rings. The third-order valence-corrected chi connectivity index (χ3v) is 6.17. The summed E-state index contributed by atoms with van der Waals surface area (Å²) in [5.41, 5.74) is 1.69. The third kappa shape index (κ3) is 3.53. The summed E-state index contributed by atoms with van der Waals surface area (Å²) in [6.07, 6.45) is 0. The number of furan rings is 1. The molecule has 0 bridgehead atoms. The average Bonchev–Trinajstić information content (AvgIpc) is 3.28. The normalized spacial score (nSPS) is 13.3. The van der Waals surface area contributed by atoms with Gasteiger partial charge >= 0.3 is 5.97 Å². The molecule has 2 aromatic heterocycles. The van der Waals surface area contributed by atoms with E-state index >= 15 is 0 Å². The van der Waals surface area contributed by atoms with Crippen LogP contribution >= 0.6 is 0 Å². The Kier molecular flexibility index (Phi) is 4.79. The Labute approximate surface area is 171 Å². The number of aromatic nitrogens is 4. The highest BCUT2D eigenvalue weighted by atomic mass is 32.2. The summed E-state index contributed by atoms with van der Waals surface area (Å²) in [6, 6.07) is 8.61. The number of hydrogen-bond acceptors (Lipinski definition) is 7. The molecule has 0 aliphatic carbocycles. The average molecular weight is 429 g/mol. The molecule has 4 rings (SSSR count). The van der Waals surface area contributed by atoms with Crippen molar-refractivity contribution in [1.82, 2.24) is 24.9 Å². The smallest absolute Gasteiger partial charge is 0.322 e. The summed E-state index contributed by atoms with van der Waals surface area (Å²) >= 11 is 0. The number of aryl methyl sites for hydroxylation is 1. The van der Waals surface area contributed by atoms with Crippen molar-refractivity contribution in [2.24, 2.45) is 13.0 Å². The van der Waals surface area contributed by atoms with E-state index in [1.807, 2.05) is 6.07 Å². The number of carboxylic acid groups (broad SMARTS) is 1. The van der Waals surface area contributed by atoms with Crippen molar-refractivity contribution in [1.29, 1.82) is 0 Å². The van der Waals surface area contributed by atoms with E-state index in [-0.39, 0.29) is 4.90 Å². The quantitative estimate of drug-likeness (QED) is 0.475. The van der Waals surface area contributed by atoms with Gasteiger partial charge in [-0.1, -0.05) is 13.8 Å². The minimum atomic E-state index is -4.05. The minimum absolute atomic E-state index is 0.0724. The molecule has 2 N–H and O–H groups in total. The van der Waals surface area contributed by atoms with Gasteiger partial charge in [-0.2, -0.15) is 9.52 Å². The Morgan fingerprint density at radius 1 is 1.13 bits per heavy atom. The molecule has 10 nitrogen and oxygen atoms in total. The van der Waals surface area contributed by atoms with E-state index in [4.69, 9.17) is 4.42 Å². The van der Waals surface area contributed by atoms with Crippen molar-refractivity contribution in [3.8, 4) is 11.4 Å². The zero-order valence-electron chi connectivity index (χ0n) is 16.4. The fourth-order valence-electron chi connectivity index (χ4n) is 3.17. The lowest BCUT2D eigenvalue weighted by molar-refractivity contribution is -0.140. The molecular weight excluding hydrogens is 410 g/mol. The number of benzene rings is 2. The van der Waals surface area contributed by atoms with E-state index < -0.39 is 28.0 Å².